The number of amides is 1. The van der Waals surface area contributed by atoms with E-state index in [2.05, 4.69) is 32.7 Å². The van der Waals surface area contributed by atoms with Gasteiger partial charge in [-0.05, 0) is 30.4 Å². The van der Waals surface area contributed by atoms with Crippen molar-refractivity contribution >= 4 is 11.7 Å². The molecule has 0 spiro atoms. The van der Waals surface area contributed by atoms with Gasteiger partial charge < -0.3 is 15.7 Å². The third-order valence-electron chi connectivity index (χ3n) is 5.22. The molecule has 0 saturated heterocycles. The molecule has 0 fully saturated rings. The number of hydrogen-bond donors (Lipinski definition) is 3. The second kappa shape index (κ2) is 7.41. The van der Waals surface area contributed by atoms with Crippen LogP contribution in [0, 0.1) is 5.41 Å². The predicted octanol–water partition coefficient (Wildman–Crippen LogP) is 2.54. The molecule has 6 heteroatoms. The lowest BCUT2D eigenvalue weighted by molar-refractivity contribution is 0.0706. The molecule has 1 amide bonds. The topological polar surface area (TPSA) is 87.1 Å². The fraction of sp³-hybridized carbons (Fsp3) is 0.450. The van der Waals surface area contributed by atoms with E-state index in [1.165, 1.54) is 23.5 Å². The Morgan fingerprint density at radius 2 is 1.85 bits per heavy atom. The highest BCUT2D eigenvalue weighted by Gasteiger charge is 2.29. The minimum atomic E-state index is -0.827. The van der Waals surface area contributed by atoms with Crippen LogP contribution in [0.1, 0.15) is 48.8 Å². The third-order valence-corrected chi connectivity index (χ3v) is 5.22. The summed E-state index contributed by atoms with van der Waals surface area (Å²) in [5, 5.41) is 16.4. The quantitative estimate of drug-likeness (QED) is 0.694. The molecule has 26 heavy (non-hydrogen) atoms. The Kier molecular flexibility index (Phi) is 5.23. The summed E-state index contributed by atoms with van der Waals surface area (Å²) in [5.41, 5.74) is 2.40. The van der Waals surface area contributed by atoms with Crippen LogP contribution in [0.15, 0.2) is 36.7 Å². The van der Waals surface area contributed by atoms with E-state index < -0.39 is 6.23 Å². The molecule has 1 aromatic heterocycles. The molecule has 0 radical (unpaired) electrons. The molecule has 1 aliphatic carbocycles. The Morgan fingerprint density at radius 1 is 1.23 bits per heavy atom. The lowest BCUT2D eigenvalue weighted by Gasteiger charge is -2.30. The van der Waals surface area contributed by atoms with Crippen LogP contribution in [0.25, 0.3) is 0 Å². The average molecular weight is 354 g/mol. The van der Waals surface area contributed by atoms with Gasteiger partial charge in [0.05, 0.1) is 0 Å². The Bertz CT molecular complexity index is 766. The number of hydrogen-bond acceptors (Lipinski definition) is 5. The molecule has 0 saturated carbocycles. The van der Waals surface area contributed by atoms with Crippen molar-refractivity contribution in [3.05, 3.63) is 53.5 Å². The summed E-state index contributed by atoms with van der Waals surface area (Å²) >= 11 is 0. The van der Waals surface area contributed by atoms with E-state index in [0.717, 1.165) is 19.3 Å². The zero-order valence-corrected chi connectivity index (χ0v) is 15.5. The van der Waals surface area contributed by atoms with Crippen molar-refractivity contribution in [2.24, 2.45) is 5.41 Å². The van der Waals surface area contributed by atoms with Crippen molar-refractivity contribution in [3.63, 3.8) is 0 Å². The summed E-state index contributed by atoms with van der Waals surface area (Å²) in [4.78, 5) is 21.1. The van der Waals surface area contributed by atoms with Crippen LogP contribution < -0.4 is 10.6 Å². The summed E-state index contributed by atoms with van der Waals surface area (Å²) < 4.78 is 0. The second-order valence-corrected chi connectivity index (χ2v) is 7.49. The summed E-state index contributed by atoms with van der Waals surface area (Å²) in [6.45, 7) is 5.92. The fourth-order valence-electron chi connectivity index (χ4n) is 3.04. The van der Waals surface area contributed by atoms with Gasteiger partial charge in [0, 0.05) is 23.9 Å². The molecular formula is C20H26N4O2. The number of nitrogens with one attached hydrogen (secondary N) is 2. The molecule has 1 heterocycles. The van der Waals surface area contributed by atoms with Crippen molar-refractivity contribution in [3.8, 4) is 0 Å². The predicted molar refractivity (Wildman–Crippen MR) is 101 cm³/mol. The molecule has 2 aromatic rings. The van der Waals surface area contributed by atoms with Gasteiger partial charge in [-0.2, -0.15) is 0 Å². The van der Waals surface area contributed by atoms with Gasteiger partial charge >= 0.3 is 0 Å². The lowest BCUT2D eigenvalue weighted by atomic mass is 9.88. The maximum Gasteiger partial charge on any atom is 0.273 e. The van der Waals surface area contributed by atoms with Gasteiger partial charge in [-0.15, -0.1) is 0 Å². The van der Waals surface area contributed by atoms with E-state index in [4.69, 9.17) is 0 Å². The summed E-state index contributed by atoms with van der Waals surface area (Å²) in [5.74, 6) is 0.0226. The monoisotopic (exact) mass is 354 g/mol. The number of rotatable bonds is 6. The van der Waals surface area contributed by atoms with Crippen LogP contribution in [0.4, 0.5) is 5.82 Å². The zero-order chi connectivity index (χ0) is 18.7. The molecule has 1 unspecified atom stereocenters. The van der Waals surface area contributed by atoms with E-state index in [9.17, 15) is 9.90 Å². The van der Waals surface area contributed by atoms with Crippen molar-refractivity contribution in [1.82, 2.24) is 15.3 Å². The first kappa shape index (κ1) is 18.3. The van der Waals surface area contributed by atoms with E-state index in [0.29, 0.717) is 5.82 Å². The number of benzene rings is 1. The van der Waals surface area contributed by atoms with Crippen LogP contribution in [-0.2, 0) is 12.8 Å². The number of nitrogens with zero attached hydrogens (tertiary/aromatic N) is 2. The Labute approximate surface area is 154 Å². The Morgan fingerprint density at radius 3 is 2.46 bits per heavy atom. The number of carbonyl (C=O) groups excluding carboxylic acids is 1. The summed E-state index contributed by atoms with van der Waals surface area (Å²) in [7, 11) is 0. The Balaban J connectivity index is 1.71. The summed E-state index contributed by atoms with van der Waals surface area (Å²) in [6.07, 6.45) is 4.58. The number of carbonyl (C=O) groups is 1. The van der Waals surface area contributed by atoms with Gasteiger partial charge in [0.15, 0.2) is 11.5 Å². The first-order chi connectivity index (χ1) is 12.4. The molecule has 3 N–H and O–H groups in total. The van der Waals surface area contributed by atoms with E-state index >= 15 is 0 Å². The average Bonchev–Trinajstić information content (AvgIpc) is 3.04. The first-order valence-electron chi connectivity index (χ1n) is 9.04. The largest absolute Gasteiger partial charge is 0.373 e. The van der Waals surface area contributed by atoms with Crippen LogP contribution in [0.5, 0.6) is 0 Å². The number of aliphatic hydroxyl groups excluding tert-OH is 1. The number of anilines is 1. The Hall–Kier alpha value is -2.47. The van der Waals surface area contributed by atoms with E-state index in [-0.39, 0.29) is 23.1 Å². The van der Waals surface area contributed by atoms with Crippen molar-refractivity contribution in [2.75, 3.05) is 5.32 Å². The number of aromatic nitrogens is 2. The lowest BCUT2D eigenvalue weighted by Crippen LogP contribution is -2.39. The van der Waals surface area contributed by atoms with Gasteiger partial charge in [-0.3, -0.25) is 4.79 Å². The number of fused-ring (bicyclic) bond motifs is 1. The molecule has 138 valence electrons. The molecule has 1 aliphatic rings. The molecule has 3 rings (SSSR count). The van der Waals surface area contributed by atoms with Gasteiger partial charge in [-0.25, -0.2) is 9.97 Å². The van der Waals surface area contributed by atoms with E-state index in [1.807, 2.05) is 32.9 Å². The molecule has 1 atom stereocenters. The van der Waals surface area contributed by atoms with Gasteiger partial charge in [0.1, 0.15) is 6.23 Å². The standard InChI is InChI=1S/C20H26N4O2/c1-4-20(2,3)19(26)24-17-16(21-9-10-22-17)18(25)23-15-11-13-7-5-6-8-14(13)12-15/h5-10,15,19,26H,4,11-12H2,1-3H3,(H,22,24)(H,23,25). The van der Waals surface area contributed by atoms with Gasteiger partial charge in [-0.1, -0.05) is 45.0 Å². The van der Waals surface area contributed by atoms with Gasteiger partial charge in [0.2, 0.25) is 0 Å². The maximum atomic E-state index is 12.7. The van der Waals surface area contributed by atoms with E-state index in [1.54, 1.807) is 0 Å². The molecule has 0 bridgehead atoms. The SMILES string of the molecule is CCC(C)(C)C(O)Nc1nccnc1C(=O)NC1Cc2ccccc2C1. The zero-order valence-electron chi connectivity index (χ0n) is 15.5. The highest BCUT2D eigenvalue weighted by atomic mass is 16.3. The fourth-order valence-corrected chi connectivity index (χ4v) is 3.04. The molecular weight excluding hydrogens is 328 g/mol. The van der Waals surface area contributed by atoms with Crippen molar-refractivity contribution in [2.45, 2.75) is 52.3 Å². The molecule has 1 aromatic carbocycles. The molecule has 0 aliphatic heterocycles. The van der Waals surface area contributed by atoms with Crippen molar-refractivity contribution < 1.29 is 9.90 Å². The number of aliphatic hydroxyl groups is 1. The second-order valence-electron chi connectivity index (χ2n) is 7.49. The van der Waals surface area contributed by atoms with Crippen molar-refractivity contribution in [1.29, 1.82) is 0 Å². The van der Waals surface area contributed by atoms with Crippen LogP contribution >= 0.6 is 0 Å². The smallest absolute Gasteiger partial charge is 0.273 e. The molecule has 6 nitrogen and oxygen atoms in total. The minimum Gasteiger partial charge on any atom is -0.373 e. The van der Waals surface area contributed by atoms with Gasteiger partial charge in [0.25, 0.3) is 5.91 Å². The van der Waals surface area contributed by atoms with Crippen LogP contribution in [-0.4, -0.2) is 33.3 Å². The van der Waals surface area contributed by atoms with Crippen LogP contribution in [0.3, 0.4) is 0 Å². The maximum absolute atomic E-state index is 12.7. The third kappa shape index (κ3) is 3.85. The summed E-state index contributed by atoms with van der Waals surface area (Å²) in [6, 6.07) is 8.28. The minimum absolute atomic E-state index is 0.0479. The highest BCUT2D eigenvalue weighted by Crippen LogP contribution is 2.26. The van der Waals surface area contributed by atoms with Crippen LogP contribution in [0.2, 0.25) is 0 Å². The normalized spacial score (nSPS) is 15.4. The highest BCUT2D eigenvalue weighted by molar-refractivity contribution is 5.97. The first-order valence-corrected chi connectivity index (χ1v) is 9.04.